The van der Waals surface area contributed by atoms with E-state index in [0.717, 1.165) is 11.1 Å². The summed E-state index contributed by atoms with van der Waals surface area (Å²) in [5, 5.41) is 0. The number of carbonyl (C=O) groups excluding carboxylic acids is 1. The lowest BCUT2D eigenvalue weighted by Crippen LogP contribution is -2.49. The number of methoxy groups -OCH3 is 3. The number of fused-ring (bicyclic) bond motifs is 2. The van der Waals surface area contributed by atoms with Crippen LogP contribution in [-0.2, 0) is 9.53 Å². The van der Waals surface area contributed by atoms with E-state index in [9.17, 15) is 4.79 Å². The van der Waals surface area contributed by atoms with Gasteiger partial charge >= 0.3 is 5.97 Å². The molecule has 0 saturated heterocycles. The molecule has 0 aliphatic carbocycles. The Morgan fingerprint density at radius 1 is 0.969 bits per heavy atom. The number of ether oxygens (including phenoxy) is 7. The van der Waals surface area contributed by atoms with Gasteiger partial charge in [-0.15, -0.1) is 0 Å². The van der Waals surface area contributed by atoms with E-state index in [1.54, 1.807) is 28.3 Å². The molecular weight excluding hydrogens is 416 g/mol. The molecule has 8 heteroatoms. The van der Waals surface area contributed by atoms with Crippen molar-refractivity contribution in [1.82, 2.24) is 0 Å². The lowest BCUT2D eigenvalue weighted by molar-refractivity contribution is -0.157. The Morgan fingerprint density at radius 3 is 2.16 bits per heavy atom. The molecule has 4 rings (SSSR count). The van der Waals surface area contributed by atoms with Crippen LogP contribution in [0.15, 0.2) is 24.3 Å². The third-order valence-electron chi connectivity index (χ3n) is 5.88. The molecule has 32 heavy (non-hydrogen) atoms. The molecule has 2 unspecified atom stereocenters. The van der Waals surface area contributed by atoms with Crippen molar-refractivity contribution in [3.63, 3.8) is 0 Å². The fraction of sp³-hybridized carbons (Fsp3) is 0.458. The SMILES string of the molecule is CCOC(=O)C1C(c2cc(OC)c(OC)c(OC)c2)c2cc3c(cc2OC1(C)C)OCO3. The fourth-order valence-electron chi connectivity index (χ4n) is 4.50. The van der Waals surface area contributed by atoms with Crippen molar-refractivity contribution in [2.75, 3.05) is 34.7 Å². The smallest absolute Gasteiger partial charge is 0.313 e. The van der Waals surface area contributed by atoms with Crippen LogP contribution in [0.4, 0.5) is 0 Å². The molecule has 2 aliphatic heterocycles. The molecule has 0 saturated carbocycles. The van der Waals surface area contributed by atoms with Gasteiger partial charge < -0.3 is 33.2 Å². The van der Waals surface area contributed by atoms with E-state index in [4.69, 9.17) is 33.2 Å². The molecule has 2 aliphatic rings. The summed E-state index contributed by atoms with van der Waals surface area (Å²) in [6, 6.07) is 7.39. The van der Waals surface area contributed by atoms with Crippen LogP contribution < -0.4 is 28.4 Å². The zero-order valence-corrected chi connectivity index (χ0v) is 19.1. The number of rotatable bonds is 6. The highest BCUT2D eigenvalue weighted by molar-refractivity contribution is 5.78. The highest BCUT2D eigenvalue weighted by atomic mass is 16.7. The van der Waals surface area contributed by atoms with Gasteiger partial charge in [-0.1, -0.05) is 0 Å². The van der Waals surface area contributed by atoms with E-state index in [2.05, 4.69) is 0 Å². The normalized spacial score (nSPS) is 20.1. The summed E-state index contributed by atoms with van der Waals surface area (Å²) in [5.74, 6) is 1.90. The first-order valence-electron chi connectivity index (χ1n) is 10.4. The highest BCUT2D eigenvalue weighted by Crippen LogP contribution is 2.54. The van der Waals surface area contributed by atoms with Gasteiger partial charge in [0.25, 0.3) is 0 Å². The predicted octanol–water partition coefficient (Wildman–Crippen LogP) is 3.92. The van der Waals surface area contributed by atoms with Crippen LogP contribution in [0.5, 0.6) is 34.5 Å². The van der Waals surface area contributed by atoms with Crippen LogP contribution >= 0.6 is 0 Å². The maximum absolute atomic E-state index is 13.2. The molecule has 0 amide bonds. The number of esters is 1. The topological polar surface area (TPSA) is 81.7 Å². The molecule has 0 aromatic heterocycles. The summed E-state index contributed by atoms with van der Waals surface area (Å²) in [6.07, 6.45) is 0. The van der Waals surface area contributed by atoms with Crippen molar-refractivity contribution in [3.05, 3.63) is 35.4 Å². The highest BCUT2D eigenvalue weighted by Gasteiger charge is 2.50. The van der Waals surface area contributed by atoms with Crippen LogP contribution in [-0.4, -0.2) is 46.3 Å². The molecule has 0 bridgehead atoms. The van der Waals surface area contributed by atoms with Crippen LogP contribution in [0.25, 0.3) is 0 Å². The Kier molecular flexibility index (Phi) is 5.71. The summed E-state index contributed by atoms with van der Waals surface area (Å²) in [4.78, 5) is 13.2. The molecule has 2 aromatic rings. The van der Waals surface area contributed by atoms with Gasteiger partial charge in [0.05, 0.1) is 27.9 Å². The predicted molar refractivity (Wildman–Crippen MR) is 115 cm³/mol. The van der Waals surface area contributed by atoms with Gasteiger partial charge in [0.1, 0.15) is 17.3 Å². The third kappa shape index (κ3) is 3.53. The molecule has 8 nitrogen and oxygen atoms in total. The van der Waals surface area contributed by atoms with E-state index in [1.165, 1.54) is 0 Å². The summed E-state index contributed by atoms with van der Waals surface area (Å²) in [5.41, 5.74) is 0.729. The Balaban J connectivity index is 1.97. The van der Waals surface area contributed by atoms with E-state index < -0.39 is 17.4 Å². The Bertz CT molecular complexity index is 1000. The van der Waals surface area contributed by atoms with Crippen LogP contribution in [0.3, 0.4) is 0 Å². The number of hydrogen-bond donors (Lipinski definition) is 0. The van der Waals surface area contributed by atoms with Gasteiger partial charge in [-0.05, 0) is 44.5 Å². The second-order valence-electron chi connectivity index (χ2n) is 8.11. The van der Waals surface area contributed by atoms with Crippen molar-refractivity contribution in [3.8, 4) is 34.5 Å². The molecule has 0 fully saturated rings. The molecule has 2 atom stereocenters. The Labute approximate surface area is 187 Å². The summed E-state index contributed by atoms with van der Waals surface area (Å²) < 4.78 is 39.6. The summed E-state index contributed by atoms with van der Waals surface area (Å²) in [7, 11) is 4.67. The van der Waals surface area contributed by atoms with E-state index in [0.29, 0.717) is 34.5 Å². The molecule has 0 N–H and O–H groups in total. The first-order chi connectivity index (χ1) is 15.3. The average molecular weight is 444 g/mol. The van der Waals surface area contributed by atoms with E-state index in [-0.39, 0.29) is 19.4 Å². The number of hydrogen-bond acceptors (Lipinski definition) is 8. The quantitative estimate of drug-likeness (QED) is 0.620. The monoisotopic (exact) mass is 444 g/mol. The Hall–Kier alpha value is -3.29. The average Bonchev–Trinajstić information content (AvgIpc) is 3.22. The minimum absolute atomic E-state index is 0.137. The van der Waals surface area contributed by atoms with Crippen LogP contribution in [0, 0.1) is 5.92 Å². The zero-order chi connectivity index (χ0) is 23.0. The number of benzene rings is 2. The Morgan fingerprint density at radius 2 is 1.59 bits per heavy atom. The van der Waals surface area contributed by atoms with Gasteiger partial charge in [0, 0.05) is 17.5 Å². The molecular formula is C24H28O8. The van der Waals surface area contributed by atoms with Gasteiger partial charge in [-0.3, -0.25) is 4.79 Å². The van der Waals surface area contributed by atoms with Crippen molar-refractivity contribution in [1.29, 1.82) is 0 Å². The third-order valence-corrected chi connectivity index (χ3v) is 5.88. The maximum Gasteiger partial charge on any atom is 0.313 e. The van der Waals surface area contributed by atoms with Crippen molar-refractivity contribution in [2.24, 2.45) is 5.92 Å². The fourth-order valence-corrected chi connectivity index (χ4v) is 4.50. The summed E-state index contributed by atoms with van der Waals surface area (Å²) >= 11 is 0. The van der Waals surface area contributed by atoms with E-state index in [1.807, 2.05) is 38.1 Å². The maximum atomic E-state index is 13.2. The standard InChI is InChI=1S/C24H28O8/c1-7-29-23(25)21-20(13-8-18(26-4)22(28-6)19(9-13)27-5)14-10-16-17(31-12-30-16)11-15(14)32-24(21,2)3/h8-11,20-21H,7,12H2,1-6H3. The molecule has 0 spiro atoms. The molecule has 0 radical (unpaired) electrons. The largest absolute Gasteiger partial charge is 0.493 e. The van der Waals surface area contributed by atoms with Crippen LogP contribution in [0.1, 0.15) is 37.8 Å². The minimum Gasteiger partial charge on any atom is -0.493 e. The summed E-state index contributed by atoms with van der Waals surface area (Å²) in [6.45, 7) is 5.95. The van der Waals surface area contributed by atoms with Crippen molar-refractivity contribution >= 4 is 5.97 Å². The van der Waals surface area contributed by atoms with E-state index >= 15 is 0 Å². The van der Waals surface area contributed by atoms with Gasteiger partial charge in [0.15, 0.2) is 23.0 Å². The van der Waals surface area contributed by atoms with Gasteiger partial charge in [-0.2, -0.15) is 0 Å². The zero-order valence-electron chi connectivity index (χ0n) is 19.1. The minimum atomic E-state index is -0.863. The first-order valence-corrected chi connectivity index (χ1v) is 10.4. The van der Waals surface area contributed by atoms with Gasteiger partial charge in [-0.25, -0.2) is 0 Å². The van der Waals surface area contributed by atoms with Crippen molar-refractivity contribution < 1.29 is 38.0 Å². The van der Waals surface area contributed by atoms with Gasteiger partial charge in [0.2, 0.25) is 12.5 Å². The second-order valence-corrected chi connectivity index (χ2v) is 8.11. The second kappa shape index (κ2) is 8.33. The lowest BCUT2D eigenvalue weighted by Gasteiger charge is -2.43. The number of carbonyl (C=O) groups is 1. The lowest BCUT2D eigenvalue weighted by atomic mass is 9.70. The van der Waals surface area contributed by atoms with Crippen molar-refractivity contribution in [2.45, 2.75) is 32.3 Å². The molecule has 2 heterocycles. The molecule has 172 valence electrons. The first kappa shape index (κ1) is 21.9. The molecule has 2 aromatic carbocycles. The van der Waals surface area contributed by atoms with Crippen LogP contribution in [0.2, 0.25) is 0 Å².